The van der Waals surface area contributed by atoms with Crippen LogP contribution < -0.4 is 5.32 Å². The summed E-state index contributed by atoms with van der Waals surface area (Å²) in [5.41, 5.74) is 0.965. The van der Waals surface area contributed by atoms with Crippen LogP contribution in [0.5, 0.6) is 0 Å². The normalized spacial score (nSPS) is 14.5. The zero-order valence-corrected chi connectivity index (χ0v) is 11.5. The quantitative estimate of drug-likeness (QED) is 0.906. The standard InChI is InChI=1S/C13H17BrN2O/c1-2-16(10-7-8-10)13(17)9-15-12-6-4-3-5-11(12)14/h3-6,10,15H,2,7-9H2,1H3. The fraction of sp³-hybridized carbons (Fsp3) is 0.462. The predicted molar refractivity (Wildman–Crippen MR) is 73.0 cm³/mol. The van der Waals surface area contributed by atoms with Crippen molar-refractivity contribution in [3.63, 3.8) is 0 Å². The van der Waals surface area contributed by atoms with E-state index in [0.29, 0.717) is 12.6 Å². The monoisotopic (exact) mass is 296 g/mol. The molecule has 0 unspecified atom stereocenters. The van der Waals surface area contributed by atoms with Gasteiger partial charge in [-0.1, -0.05) is 12.1 Å². The first-order valence-corrected chi connectivity index (χ1v) is 6.79. The van der Waals surface area contributed by atoms with Crippen molar-refractivity contribution in [1.82, 2.24) is 4.90 Å². The molecule has 0 heterocycles. The number of anilines is 1. The van der Waals surface area contributed by atoms with Crippen molar-refractivity contribution in [3.05, 3.63) is 28.7 Å². The molecule has 1 fully saturated rings. The molecule has 4 heteroatoms. The van der Waals surface area contributed by atoms with E-state index in [0.717, 1.165) is 29.5 Å². The lowest BCUT2D eigenvalue weighted by atomic mass is 10.3. The maximum absolute atomic E-state index is 12.0. The third-order valence-electron chi connectivity index (χ3n) is 2.95. The van der Waals surface area contributed by atoms with Gasteiger partial charge in [-0.15, -0.1) is 0 Å². The topological polar surface area (TPSA) is 32.3 Å². The average molecular weight is 297 g/mol. The van der Waals surface area contributed by atoms with Crippen LogP contribution >= 0.6 is 15.9 Å². The summed E-state index contributed by atoms with van der Waals surface area (Å²) in [6.07, 6.45) is 2.32. The van der Waals surface area contributed by atoms with Crippen molar-refractivity contribution in [2.24, 2.45) is 0 Å². The minimum atomic E-state index is 0.186. The Kier molecular flexibility index (Phi) is 4.05. The number of nitrogens with zero attached hydrogens (tertiary/aromatic N) is 1. The fourth-order valence-corrected chi connectivity index (χ4v) is 2.33. The Morgan fingerprint density at radius 1 is 1.47 bits per heavy atom. The number of para-hydroxylation sites is 1. The summed E-state index contributed by atoms with van der Waals surface area (Å²) in [5.74, 6) is 0.186. The van der Waals surface area contributed by atoms with Crippen molar-refractivity contribution < 1.29 is 4.79 Å². The van der Waals surface area contributed by atoms with Crippen molar-refractivity contribution in [1.29, 1.82) is 0 Å². The Labute approximate surface area is 110 Å². The van der Waals surface area contributed by atoms with Gasteiger partial charge >= 0.3 is 0 Å². The highest BCUT2D eigenvalue weighted by Crippen LogP contribution is 2.27. The van der Waals surface area contributed by atoms with Crippen LogP contribution in [0.25, 0.3) is 0 Å². The van der Waals surface area contributed by atoms with Crippen LogP contribution in [0, 0.1) is 0 Å². The van der Waals surface area contributed by atoms with Crippen molar-refractivity contribution in [2.45, 2.75) is 25.8 Å². The van der Waals surface area contributed by atoms with E-state index in [-0.39, 0.29) is 5.91 Å². The molecule has 1 amide bonds. The van der Waals surface area contributed by atoms with Crippen LogP contribution in [0.1, 0.15) is 19.8 Å². The van der Waals surface area contributed by atoms with Gasteiger partial charge in [0.25, 0.3) is 0 Å². The average Bonchev–Trinajstić information content (AvgIpc) is 3.13. The Morgan fingerprint density at radius 2 is 2.18 bits per heavy atom. The summed E-state index contributed by atoms with van der Waals surface area (Å²) >= 11 is 3.45. The second kappa shape index (κ2) is 5.54. The summed E-state index contributed by atoms with van der Waals surface area (Å²) in [6, 6.07) is 8.33. The van der Waals surface area contributed by atoms with Crippen molar-refractivity contribution in [2.75, 3.05) is 18.4 Å². The zero-order valence-electron chi connectivity index (χ0n) is 9.95. The molecule has 0 radical (unpaired) electrons. The number of carbonyl (C=O) groups is 1. The molecule has 1 aromatic rings. The number of carbonyl (C=O) groups excluding carboxylic acids is 1. The second-order valence-electron chi connectivity index (χ2n) is 4.24. The van der Waals surface area contributed by atoms with Crippen LogP contribution in [0.4, 0.5) is 5.69 Å². The van der Waals surface area contributed by atoms with Crippen LogP contribution in [-0.2, 0) is 4.79 Å². The summed E-state index contributed by atoms with van der Waals surface area (Å²) < 4.78 is 0.988. The molecule has 3 nitrogen and oxygen atoms in total. The SMILES string of the molecule is CCN(C(=O)CNc1ccccc1Br)C1CC1. The van der Waals surface area contributed by atoms with E-state index < -0.39 is 0 Å². The van der Waals surface area contributed by atoms with Crippen LogP contribution in [0.2, 0.25) is 0 Å². The summed E-state index contributed by atoms with van der Waals surface area (Å²) in [6.45, 7) is 3.21. The number of rotatable bonds is 5. The van der Waals surface area contributed by atoms with Gasteiger partial charge in [0.2, 0.25) is 5.91 Å². The lowest BCUT2D eigenvalue weighted by molar-refractivity contribution is -0.129. The zero-order chi connectivity index (χ0) is 12.3. The molecule has 0 bridgehead atoms. The fourth-order valence-electron chi connectivity index (χ4n) is 1.90. The third-order valence-corrected chi connectivity index (χ3v) is 3.64. The number of hydrogen-bond acceptors (Lipinski definition) is 2. The lowest BCUT2D eigenvalue weighted by Gasteiger charge is -2.21. The van der Waals surface area contributed by atoms with Crippen LogP contribution in [-0.4, -0.2) is 29.9 Å². The van der Waals surface area contributed by atoms with Gasteiger partial charge in [-0.3, -0.25) is 4.79 Å². The first-order valence-electron chi connectivity index (χ1n) is 6.00. The molecule has 1 aromatic carbocycles. The van der Waals surface area contributed by atoms with Crippen molar-refractivity contribution >= 4 is 27.5 Å². The number of halogens is 1. The number of hydrogen-bond donors (Lipinski definition) is 1. The Bertz CT molecular complexity index is 404. The maximum Gasteiger partial charge on any atom is 0.242 e. The minimum Gasteiger partial charge on any atom is -0.375 e. The molecule has 17 heavy (non-hydrogen) atoms. The van der Waals surface area contributed by atoms with Gasteiger partial charge in [-0.05, 0) is 47.8 Å². The number of likely N-dealkylation sites (N-methyl/N-ethyl adjacent to an activating group) is 1. The maximum atomic E-state index is 12.0. The Morgan fingerprint density at radius 3 is 2.76 bits per heavy atom. The smallest absolute Gasteiger partial charge is 0.242 e. The largest absolute Gasteiger partial charge is 0.375 e. The molecule has 1 aliphatic rings. The lowest BCUT2D eigenvalue weighted by Crippen LogP contribution is -2.37. The van der Waals surface area contributed by atoms with Gasteiger partial charge in [-0.2, -0.15) is 0 Å². The number of amides is 1. The van der Waals surface area contributed by atoms with E-state index in [2.05, 4.69) is 21.2 Å². The third kappa shape index (κ3) is 3.22. The van der Waals surface area contributed by atoms with E-state index >= 15 is 0 Å². The molecule has 0 aliphatic heterocycles. The molecular weight excluding hydrogens is 280 g/mol. The Balaban J connectivity index is 1.89. The molecule has 1 aliphatic carbocycles. The highest BCUT2D eigenvalue weighted by molar-refractivity contribution is 9.10. The van der Waals surface area contributed by atoms with Gasteiger partial charge in [0.05, 0.1) is 6.54 Å². The number of benzene rings is 1. The Hall–Kier alpha value is -1.03. The molecule has 0 saturated heterocycles. The van der Waals surface area contributed by atoms with Crippen LogP contribution in [0.3, 0.4) is 0 Å². The van der Waals surface area contributed by atoms with E-state index in [1.54, 1.807) is 0 Å². The molecule has 0 aromatic heterocycles. The molecule has 0 spiro atoms. The van der Waals surface area contributed by atoms with E-state index in [9.17, 15) is 4.79 Å². The van der Waals surface area contributed by atoms with Crippen molar-refractivity contribution in [3.8, 4) is 0 Å². The number of nitrogens with one attached hydrogen (secondary N) is 1. The summed E-state index contributed by atoms with van der Waals surface area (Å²) in [7, 11) is 0. The first kappa shape index (κ1) is 12.4. The second-order valence-corrected chi connectivity index (χ2v) is 5.10. The summed E-state index contributed by atoms with van der Waals surface area (Å²) in [4.78, 5) is 14.0. The summed E-state index contributed by atoms with van der Waals surface area (Å²) in [5, 5.41) is 3.17. The molecule has 0 atom stereocenters. The predicted octanol–water partition coefficient (Wildman–Crippen LogP) is 2.87. The van der Waals surface area contributed by atoms with E-state index in [1.807, 2.05) is 36.1 Å². The first-order chi connectivity index (χ1) is 8.22. The van der Waals surface area contributed by atoms with Gasteiger partial charge < -0.3 is 10.2 Å². The molecule has 1 saturated carbocycles. The van der Waals surface area contributed by atoms with Gasteiger partial charge in [0.15, 0.2) is 0 Å². The molecule has 92 valence electrons. The van der Waals surface area contributed by atoms with E-state index in [4.69, 9.17) is 0 Å². The van der Waals surface area contributed by atoms with E-state index in [1.165, 1.54) is 0 Å². The highest BCUT2D eigenvalue weighted by Gasteiger charge is 2.30. The molecular formula is C13H17BrN2O. The molecule has 2 rings (SSSR count). The molecule has 1 N–H and O–H groups in total. The van der Waals surface area contributed by atoms with Gasteiger partial charge in [-0.25, -0.2) is 0 Å². The minimum absolute atomic E-state index is 0.186. The van der Waals surface area contributed by atoms with Gasteiger partial charge in [0, 0.05) is 22.7 Å². The highest BCUT2D eigenvalue weighted by atomic mass is 79.9. The van der Waals surface area contributed by atoms with Gasteiger partial charge in [0.1, 0.15) is 0 Å². The van der Waals surface area contributed by atoms with Crippen LogP contribution in [0.15, 0.2) is 28.7 Å².